The Morgan fingerprint density at radius 3 is 2.53 bits per heavy atom. The lowest BCUT2D eigenvalue weighted by Crippen LogP contribution is -2.49. The molecule has 1 aliphatic heterocycles. The minimum Gasteiger partial charge on any atom is -0.314 e. The van der Waals surface area contributed by atoms with Crippen molar-refractivity contribution in [1.29, 1.82) is 0 Å². The first-order valence-electron chi connectivity index (χ1n) is 7.48. The first-order chi connectivity index (χ1) is 8.81. The summed E-state index contributed by atoms with van der Waals surface area (Å²) in [5.74, 6) is 0.679. The van der Waals surface area contributed by atoms with Gasteiger partial charge in [-0.25, -0.2) is 8.42 Å². The van der Waals surface area contributed by atoms with Crippen molar-refractivity contribution in [3.05, 3.63) is 0 Å². The van der Waals surface area contributed by atoms with E-state index in [0.717, 1.165) is 6.54 Å². The Balaban J connectivity index is 1.91. The molecular formula is C14H28N2O2S. The van der Waals surface area contributed by atoms with Gasteiger partial charge in [0.15, 0.2) is 9.84 Å². The molecule has 2 fully saturated rings. The summed E-state index contributed by atoms with van der Waals surface area (Å²) in [6, 6.07) is 1.12. The topological polar surface area (TPSA) is 58.2 Å². The molecule has 0 aromatic heterocycles. The molecule has 112 valence electrons. The molecule has 1 aliphatic carbocycles. The number of rotatable bonds is 5. The van der Waals surface area contributed by atoms with E-state index in [2.05, 4.69) is 10.6 Å². The Morgan fingerprint density at radius 1 is 1.21 bits per heavy atom. The lowest BCUT2D eigenvalue weighted by atomic mass is 9.93. The monoisotopic (exact) mass is 288 g/mol. The Bertz CT molecular complexity index is 400. The standard InChI is InChI=1S/C14H28N2O2S/c1-14(2,19(3,17)18)10-16-13-7-4-6-11(13)12-8-5-9-15-12/h11-13,15-16H,4-10H2,1-3H3. The van der Waals surface area contributed by atoms with Crippen molar-refractivity contribution < 1.29 is 8.42 Å². The van der Waals surface area contributed by atoms with E-state index in [1.165, 1.54) is 38.4 Å². The molecule has 4 nitrogen and oxygen atoms in total. The maximum Gasteiger partial charge on any atom is 0.153 e. The molecule has 3 unspecified atom stereocenters. The van der Waals surface area contributed by atoms with Gasteiger partial charge in [0.1, 0.15) is 0 Å². The highest BCUT2D eigenvalue weighted by Crippen LogP contribution is 2.32. The normalized spacial score (nSPS) is 32.9. The van der Waals surface area contributed by atoms with Crippen LogP contribution in [0.5, 0.6) is 0 Å². The molecule has 1 heterocycles. The maximum atomic E-state index is 11.7. The molecule has 3 atom stereocenters. The Hall–Kier alpha value is -0.130. The summed E-state index contributed by atoms with van der Waals surface area (Å²) in [4.78, 5) is 0. The largest absolute Gasteiger partial charge is 0.314 e. The van der Waals surface area contributed by atoms with Crippen LogP contribution in [0.25, 0.3) is 0 Å². The average molecular weight is 288 g/mol. The first-order valence-corrected chi connectivity index (χ1v) is 9.37. The molecule has 19 heavy (non-hydrogen) atoms. The van der Waals surface area contributed by atoms with Crippen LogP contribution >= 0.6 is 0 Å². The molecule has 0 bridgehead atoms. The Kier molecular flexibility index (Phi) is 4.58. The van der Waals surface area contributed by atoms with Crippen LogP contribution in [0.1, 0.15) is 46.0 Å². The van der Waals surface area contributed by atoms with Crippen molar-refractivity contribution in [2.24, 2.45) is 5.92 Å². The molecule has 0 radical (unpaired) electrons. The fourth-order valence-corrected chi connectivity index (χ4v) is 3.65. The summed E-state index contributed by atoms with van der Waals surface area (Å²) in [7, 11) is -3.01. The third-order valence-electron chi connectivity index (χ3n) is 4.98. The van der Waals surface area contributed by atoms with Crippen molar-refractivity contribution in [1.82, 2.24) is 10.6 Å². The van der Waals surface area contributed by atoms with Crippen LogP contribution in [0.2, 0.25) is 0 Å². The maximum absolute atomic E-state index is 11.7. The third-order valence-corrected chi connectivity index (χ3v) is 7.13. The molecule has 2 aliphatic rings. The number of hydrogen-bond acceptors (Lipinski definition) is 4. The van der Waals surface area contributed by atoms with Crippen LogP contribution in [-0.2, 0) is 9.84 Å². The molecule has 1 saturated heterocycles. The van der Waals surface area contributed by atoms with E-state index >= 15 is 0 Å². The zero-order chi connectivity index (χ0) is 14.1. The van der Waals surface area contributed by atoms with E-state index in [4.69, 9.17) is 0 Å². The van der Waals surface area contributed by atoms with Gasteiger partial charge in [-0.05, 0) is 52.0 Å². The lowest BCUT2D eigenvalue weighted by Gasteiger charge is -2.30. The van der Waals surface area contributed by atoms with Gasteiger partial charge in [0.25, 0.3) is 0 Å². The molecule has 2 rings (SSSR count). The van der Waals surface area contributed by atoms with Crippen molar-refractivity contribution in [2.75, 3.05) is 19.3 Å². The molecule has 0 spiro atoms. The lowest BCUT2D eigenvalue weighted by molar-refractivity contribution is 0.314. The molecule has 5 heteroatoms. The fourth-order valence-electron chi connectivity index (χ4n) is 3.31. The third kappa shape index (κ3) is 3.50. The quantitative estimate of drug-likeness (QED) is 0.801. The van der Waals surface area contributed by atoms with Gasteiger partial charge in [-0.15, -0.1) is 0 Å². The summed E-state index contributed by atoms with van der Waals surface area (Å²) >= 11 is 0. The SMILES string of the molecule is CC(C)(CNC1CCCC1C1CCCN1)S(C)(=O)=O. The minimum atomic E-state index is -3.01. The zero-order valence-electron chi connectivity index (χ0n) is 12.4. The van der Waals surface area contributed by atoms with Gasteiger partial charge in [-0.3, -0.25) is 0 Å². The van der Waals surface area contributed by atoms with Gasteiger partial charge in [-0.1, -0.05) is 6.42 Å². The van der Waals surface area contributed by atoms with Gasteiger partial charge in [0, 0.05) is 24.9 Å². The van der Waals surface area contributed by atoms with Crippen molar-refractivity contribution in [2.45, 2.75) is 62.8 Å². The molecule has 0 amide bonds. The van der Waals surface area contributed by atoms with Crippen molar-refractivity contribution in [3.8, 4) is 0 Å². The van der Waals surface area contributed by atoms with Crippen LogP contribution in [0.3, 0.4) is 0 Å². The van der Waals surface area contributed by atoms with E-state index in [9.17, 15) is 8.42 Å². The van der Waals surface area contributed by atoms with E-state index < -0.39 is 14.6 Å². The second-order valence-electron chi connectivity index (χ2n) is 6.82. The summed E-state index contributed by atoms with van der Waals surface area (Å²) in [6.45, 7) is 5.32. The summed E-state index contributed by atoms with van der Waals surface area (Å²) in [5, 5.41) is 7.13. The molecule has 1 saturated carbocycles. The van der Waals surface area contributed by atoms with Crippen LogP contribution in [0.15, 0.2) is 0 Å². The van der Waals surface area contributed by atoms with Crippen molar-refractivity contribution in [3.63, 3.8) is 0 Å². The summed E-state index contributed by atoms with van der Waals surface area (Å²) in [5.41, 5.74) is 0. The van der Waals surface area contributed by atoms with Gasteiger partial charge in [0.05, 0.1) is 4.75 Å². The van der Waals surface area contributed by atoms with Gasteiger partial charge in [-0.2, -0.15) is 0 Å². The minimum absolute atomic E-state index is 0.483. The number of sulfone groups is 1. The molecule has 0 aromatic carbocycles. The first kappa shape index (κ1) is 15.3. The highest BCUT2D eigenvalue weighted by Gasteiger charge is 2.37. The van der Waals surface area contributed by atoms with E-state index in [-0.39, 0.29) is 0 Å². The Labute approximate surface area is 117 Å². The molecular weight excluding hydrogens is 260 g/mol. The number of hydrogen-bond donors (Lipinski definition) is 2. The van der Waals surface area contributed by atoms with Crippen LogP contribution < -0.4 is 10.6 Å². The second kappa shape index (κ2) is 5.70. The predicted molar refractivity (Wildman–Crippen MR) is 79.1 cm³/mol. The fraction of sp³-hybridized carbons (Fsp3) is 1.00. The highest BCUT2D eigenvalue weighted by molar-refractivity contribution is 7.92. The number of nitrogens with one attached hydrogen (secondary N) is 2. The van der Waals surface area contributed by atoms with Crippen molar-refractivity contribution >= 4 is 9.84 Å². The average Bonchev–Trinajstić information content (AvgIpc) is 2.95. The molecule has 0 aromatic rings. The van der Waals surface area contributed by atoms with Gasteiger partial charge >= 0.3 is 0 Å². The predicted octanol–water partition coefficient (Wildman–Crippen LogP) is 1.32. The molecule has 2 N–H and O–H groups in total. The summed E-state index contributed by atoms with van der Waals surface area (Å²) in [6.07, 6.45) is 7.61. The van der Waals surface area contributed by atoms with Crippen LogP contribution in [0, 0.1) is 5.92 Å². The smallest absolute Gasteiger partial charge is 0.153 e. The van der Waals surface area contributed by atoms with E-state index in [1.54, 1.807) is 0 Å². The highest BCUT2D eigenvalue weighted by atomic mass is 32.2. The van der Waals surface area contributed by atoms with Crippen LogP contribution in [-0.4, -0.2) is 44.6 Å². The van der Waals surface area contributed by atoms with E-state index in [0.29, 0.717) is 24.5 Å². The van der Waals surface area contributed by atoms with E-state index in [1.807, 2.05) is 13.8 Å². The second-order valence-corrected chi connectivity index (χ2v) is 9.47. The zero-order valence-corrected chi connectivity index (χ0v) is 13.2. The summed E-state index contributed by atoms with van der Waals surface area (Å²) < 4.78 is 22.8. The Morgan fingerprint density at radius 2 is 1.95 bits per heavy atom. The van der Waals surface area contributed by atoms with Crippen LogP contribution in [0.4, 0.5) is 0 Å². The van der Waals surface area contributed by atoms with Gasteiger partial charge in [0.2, 0.25) is 0 Å². The van der Waals surface area contributed by atoms with Gasteiger partial charge < -0.3 is 10.6 Å².